The van der Waals surface area contributed by atoms with Gasteiger partial charge in [-0.05, 0) is 36.5 Å². The zero-order chi connectivity index (χ0) is 13.9. The van der Waals surface area contributed by atoms with Gasteiger partial charge < -0.3 is 9.84 Å². The van der Waals surface area contributed by atoms with E-state index in [1.807, 2.05) is 12.1 Å². The van der Waals surface area contributed by atoms with Crippen molar-refractivity contribution in [2.75, 3.05) is 7.11 Å². The largest absolute Gasteiger partial charge is 0.390 e. The minimum Gasteiger partial charge on any atom is -0.390 e. The summed E-state index contributed by atoms with van der Waals surface area (Å²) >= 11 is 3.43. The Balaban J connectivity index is 2.08. The summed E-state index contributed by atoms with van der Waals surface area (Å²) in [6.45, 7) is 2.25. The van der Waals surface area contributed by atoms with Crippen molar-refractivity contribution >= 4 is 15.9 Å². The van der Waals surface area contributed by atoms with Crippen molar-refractivity contribution in [1.29, 1.82) is 0 Å². The van der Waals surface area contributed by atoms with E-state index < -0.39 is 6.10 Å². The highest BCUT2D eigenvalue weighted by Gasteiger charge is 2.41. The van der Waals surface area contributed by atoms with Gasteiger partial charge in [0.15, 0.2) is 0 Å². The van der Waals surface area contributed by atoms with Gasteiger partial charge >= 0.3 is 0 Å². The number of halogens is 1. The lowest BCUT2D eigenvalue weighted by molar-refractivity contribution is -0.131. The maximum absolute atomic E-state index is 10.6. The zero-order valence-electron chi connectivity index (χ0n) is 11.7. The first-order valence-corrected chi connectivity index (χ1v) is 7.83. The van der Waals surface area contributed by atoms with Gasteiger partial charge in [-0.25, -0.2) is 0 Å². The van der Waals surface area contributed by atoms with Gasteiger partial charge in [-0.2, -0.15) is 0 Å². The first-order valence-electron chi connectivity index (χ1n) is 7.03. The molecule has 0 aliphatic heterocycles. The topological polar surface area (TPSA) is 29.5 Å². The van der Waals surface area contributed by atoms with Crippen LogP contribution in [0, 0.1) is 5.92 Å². The molecule has 1 aromatic rings. The van der Waals surface area contributed by atoms with Gasteiger partial charge in [-0.15, -0.1) is 0 Å². The molecule has 0 amide bonds. The average Bonchev–Trinajstić information content (AvgIpc) is 2.41. The van der Waals surface area contributed by atoms with E-state index in [0.29, 0.717) is 12.3 Å². The van der Waals surface area contributed by atoms with E-state index in [9.17, 15) is 5.11 Å². The number of hydrogen-bond acceptors (Lipinski definition) is 2. The third-order valence-electron chi connectivity index (χ3n) is 4.35. The third kappa shape index (κ3) is 3.59. The standard InChI is InChI=1S/C16H23BrO2/c1-12-4-3-9-16(11-12,19-2)15(18)10-13-5-7-14(17)8-6-13/h5-8,12,15,18H,3-4,9-11H2,1-2H3. The summed E-state index contributed by atoms with van der Waals surface area (Å²) in [6, 6.07) is 8.15. The molecule has 2 rings (SSSR count). The van der Waals surface area contributed by atoms with Crippen molar-refractivity contribution < 1.29 is 9.84 Å². The molecule has 0 spiro atoms. The molecule has 106 valence electrons. The average molecular weight is 327 g/mol. The normalized spacial score (nSPS) is 29.2. The van der Waals surface area contributed by atoms with Gasteiger partial charge in [-0.1, -0.05) is 47.8 Å². The van der Waals surface area contributed by atoms with Gasteiger partial charge in [0.05, 0.1) is 11.7 Å². The molecule has 0 aromatic heterocycles. The lowest BCUT2D eigenvalue weighted by Gasteiger charge is -2.42. The summed E-state index contributed by atoms with van der Waals surface area (Å²) in [7, 11) is 1.74. The molecule has 0 bridgehead atoms. The second kappa shape index (κ2) is 6.38. The molecule has 0 heterocycles. The maximum atomic E-state index is 10.6. The van der Waals surface area contributed by atoms with Gasteiger partial charge in [0.25, 0.3) is 0 Å². The number of hydrogen-bond donors (Lipinski definition) is 1. The smallest absolute Gasteiger partial charge is 0.0942 e. The molecule has 1 aliphatic rings. The highest BCUT2D eigenvalue weighted by atomic mass is 79.9. The third-order valence-corrected chi connectivity index (χ3v) is 4.88. The van der Waals surface area contributed by atoms with Crippen LogP contribution in [0.4, 0.5) is 0 Å². The minimum absolute atomic E-state index is 0.356. The summed E-state index contributed by atoms with van der Waals surface area (Å²) in [4.78, 5) is 0. The van der Waals surface area contributed by atoms with Crippen LogP contribution >= 0.6 is 15.9 Å². The molecule has 1 fully saturated rings. The summed E-state index contributed by atoms with van der Waals surface area (Å²) in [5.74, 6) is 0.633. The quantitative estimate of drug-likeness (QED) is 0.907. The fourth-order valence-electron chi connectivity index (χ4n) is 3.20. The van der Waals surface area contributed by atoms with Crippen molar-refractivity contribution in [1.82, 2.24) is 0 Å². The van der Waals surface area contributed by atoms with Crippen molar-refractivity contribution in [2.24, 2.45) is 5.92 Å². The summed E-state index contributed by atoms with van der Waals surface area (Å²) in [6.07, 6.45) is 4.55. The maximum Gasteiger partial charge on any atom is 0.0942 e. The first-order chi connectivity index (χ1) is 9.05. The SMILES string of the molecule is COC1(C(O)Cc2ccc(Br)cc2)CCCC(C)C1. The van der Waals surface area contributed by atoms with Crippen LogP contribution in [0.25, 0.3) is 0 Å². The Morgan fingerprint density at radius 2 is 2.11 bits per heavy atom. The molecule has 19 heavy (non-hydrogen) atoms. The molecular weight excluding hydrogens is 304 g/mol. The Labute approximate surface area is 124 Å². The Morgan fingerprint density at radius 1 is 1.42 bits per heavy atom. The summed E-state index contributed by atoms with van der Waals surface area (Å²) in [5.41, 5.74) is 0.801. The Kier molecular flexibility index (Phi) is 5.04. The van der Waals surface area contributed by atoms with Crippen LogP contribution in [0.2, 0.25) is 0 Å². The highest BCUT2D eigenvalue weighted by Crippen LogP contribution is 2.38. The first kappa shape index (κ1) is 15.0. The van der Waals surface area contributed by atoms with Crippen molar-refractivity contribution in [3.8, 4) is 0 Å². The van der Waals surface area contributed by atoms with E-state index in [4.69, 9.17) is 4.74 Å². The second-order valence-electron chi connectivity index (χ2n) is 5.82. The van der Waals surface area contributed by atoms with E-state index >= 15 is 0 Å². The van der Waals surface area contributed by atoms with Crippen LogP contribution in [0.15, 0.2) is 28.7 Å². The van der Waals surface area contributed by atoms with E-state index in [1.165, 1.54) is 6.42 Å². The van der Waals surface area contributed by atoms with Gasteiger partial charge in [-0.3, -0.25) is 0 Å². The highest BCUT2D eigenvalue weighted by molar-refractivity contribution is 9.10. The van der Waals surface area contributed by atoms with E-state index in [2.05, 4.69) is 35.0 Å². The molecule has 1 aromatic carbocycles. The Bertz CT molecular complexity index is 404. The van der Waals surface area contributed by atoms with Crippen LogP contribution in [0.5, 0.6) is 0 Å². The lowest BCUT2D eigenvalue weighted by atomic mass is 9.74. The zero-order valence-corrected chi connectivity index (χ0v) is 13.3. The fourth-order valence-corrected chi connectivity index (χ4v) is 3.46. The van der Waals surface area contributed by atoms with Crippen molar-refractivity contribution in [3.63, 3.8) is 0 Å². The van der Waals surface area contributed by atoms with Crippen molar-refractivity contribution in [2.45, 2.75) is 50.7 Å². The number of aliphatic hydroxyl groups is 1. The van der Waals surface area contributed by atoms with Gasteiger partial charge in [0.2, 0.25) is 0 Å². The lowest BCUT2D eigenvalue weighted by Crippen LogP contribution is -2.48. The van der Waals surface area contributed by atoms with Crippen LogP contribution in [-0.4, -0.2) is 23.9 Å². The number of rotatable bonds is 4. The number of benzene rings is 1. The molecule has 3 heteroatoms. The molecule has 0 radical (unpaired) electrons. The minimum atomic E-state index is -0.429. The Morgan fingerprint density at radius 3 is 2.68 bits per heavy atom. The van der Waals surface area contributed by atoms with E-state index in [1.54, 1.807) is 7.11 Å². The van der Waals surface area contributed by atoms with E-state index in [0.717, 1.165) is 29.3 Å². The fraction of sp³-hybridized carbons (Fsp3) is 0.625. The van der Waals surface area contributed by atoms with Crippen LogP contribution in [-0.2, 0) is 11.2 Å². The molecule has 3 unspecified atom stereocenters. The van der Waals surface area contributed by atoms with Crippen LogP contribution in [0.1, 0.15) is 38.2 Å². The molecule has 1 aliphatic carbocycles. The summed E-state index contributed by atoms with van der Waals surface area (Å²) in [5, 5.41) is 10.6. The predicted molar refractivity (Wildman–Crippen MR) is 81.2 cm³/mol. The molecule has 0 saturated heterocycles. The Hall–Kier alpha value is -0.380. The number of methoxy groups -OCH3 is 1. The monoisotopic (exact) mass is 326 g/mol. The second-order valence-corrected chi connectivity index (χ2v) is 6.73. The van der Waals surface area contributed by atoms with Crippen LogP contribution in [0.3, 0.4) is 0 Å². The van der Waals surface area contributed by atoms with E-state index in [-0.39, 0.29) is 5.60 Å². The summed E-state index contributed by atoms with van der Waals surface area (Å²) < 4.78 is 6.82. The molecule has 1 saturated carbocycles. The van der Waals surface area contributed by atoms with Gasteiger partial charge in [0, 0.05) is 18.0 Å². The number of ether oxygens (including phenoxy) is 1. The predicted octanol–water partition coefficient (Wildman–Crippen LogP) is 3.95. The van der Waals surface area contributed by atoms with Crippen LogP contribution < -0.4 is 0 Å². The van der Waals surface area contributed by atoms with Gasteiger partial charge in [0.1, 0.15) is 0 Å². The number of aliphatic hydroxyl groups excluding tert-OH is 1. The molecule has 2 nitrogen and oxygen atoms in total. The molecule has 3 atom stereocenters. The van der Waals surface area contributed by atoms with Crippen molar-refractivity contribution in [3.05, 3.63) is 34.3 Å². The molecular formula is C16H23BrO2. The molecule has 1 N–H and O–H groups in total.